The number of nitrogens with zero attached hydrogens (tertiary/aromatic N) is 2. The molecular formula is C9H16N2O. The van der Waals surface area contributed by atoms with Gasteiger partial charge in [0.25, 0.3) is 0 Å². The van der Waals surface area contributed by atoms with Gasteiger partial charge in [-0.05, 0) is 38.6 Å². The molecule has 0 aromatic rings. The Morgan fingerprint density at radius 3 is 2.83 bits per heavy atom. The second-order valence-corrected chi connectivity index (χ2v) is 4.11. The fraction of sp³-hybridized carbons (Fsp3) is 1.00. The molecule has 2 bridgehead atoms. The minimum Gasteiger partial charge on any atom is -0.300 e. The van der Waals surface area contributed by atoms with Crippen molar-refractivity contribution in [3.63, 3.8) is 0 Å². The molecule has 0 amide bonds. The number of piperidine rings is 1. The van der Waals surface area contributed by atoms with Crippen LogP contribution in [0, 0.1) is 10.8 Å². The number of hydrogen-bond acceptors (Lipinski definition) is 3. The Morgan fingerprint density at radius 2 is 2.08 bits per heavy atom. The highest BCUT2D eigenvalue weighted by molar-refractivity contribution is 4.95. The number of hydrogen-bond donors (Lipinski definition) is 0. The highest BCUT2D eigenvalue weighted by atomic mass is 16.3. The summed E-state index contributed by atoms with van der Waals surface area (Å²) in [6.07, 6.45) is 5.09. The predicted molar refractivity (Wildman–Crippen MR) is 48.0 cm³/mol. The summed E-state index contributed by atoms with van der Waals surface area (Å²) in [5.74, 6) is 0.547. The second-order valence-electron chi connectivity index (χ2n) is 4.11. The summed E-state index contributed by atoms with van der Waals surface area (Å²) < 4.78 is 0. The van der Waals surface area contributed by atoms with Gasteiger partial charge in [0.15, 0.2) is 0 Å². The van der Waals surface area contributed by atoms with Gasteiger partial charge in [-0.3, -0.25) is 0 Å². The third-order valence-electron chi connectivity index (χ3n) is 3.62. The van der Waals surface area contributed by atoms with E-state index in [1.807, 2.05) is 0 Å². The lowest BCUT2D eigenvalue weighted by molar-refractivity contribution is 0.125. The lowest BCUT2D eigenvalue weighted by atomic mass is 9.91. The van der Waals surface area contributed by atoms with E-state index in [-0.39, 0.29) is 0 Å². The first-order valence-corrected chi connectivity index (χ1v) is 4.84. The molecule has 0 radical (unpaired) electrons. The van der Waals surface area contributed by atoms with Gasteiger partial charge >= 0.3 is 0 Å². The largest absolute Gasteiger partial charge is 0.300 e. The maximum Gasteiger partial charge on any atom is 0.0854 e. The third-order valence-corrected chi connectivity index (χ3v) is 3.62. The van der Waals surface area contributed by atoms with Gasteiger partial charge < -0.3 is 4.90 Å². The molecule has 2 fully saturated rings. The third kappa shape index (κ3) is 1.16. The molecule has 3 unspecified atom stereocenters. The quantitative estimate of drug-likeness (QED) is 0.587. The van der Waals surface area contributed by atoms with Crippen LogP contribution in [0.3, 0.4) is 0 Å². The number of rotatable bonds is 2. The lowest BCUT2D eigenvalue weighted by Gasteiger charge is -2.36. The first-order valence-electron chi connectivity index (χ1n) is 4.84. The van der Waals surface area contributed by atoms with E-state index in [1.54, 1.807) is 0 Å². The normalized spacial score (nSPS) is 41.6. The molecule has 2 aliphatic rings. The van der Waals surface area contributed by atoms with Crippen molar-refractivity contribution in [3.05, 3.63) is 4.91 Å². The fourth-order valence-electron chi connectivity index (χ4n) is 2.86. The summed E-state index contributed by atoms with van der Waals surface area (Å²) in [5.41, 5.74) is 0. The van der Waals surface area contributed by atoms with Crippen LogP contribution in [0.4, 0.5) is 0 Å². The Balaban J connectivity index is 2.04. The molecule has 2 heterocycles. The molecule has 3 atom stereocenters. The van der Waals surface area contributed by atoms with Crippen molar-refractivity contribution in [1.29, 1.82) is 0 Å². The number of nitroso groups, excluding NO2 is 1. The van der Waals surface area contributed by atoms with Crippen molar-refractivity contribution >= 4 is 0 Å². The standard InChI is InChI=1S/C9H16N2O/c1-11-8-3-2-7(6-10-12)9(11)5-4-8/h7-9H,2-6H2,1H3. The molecule has 0 N–H and O–H groups in total. The molecule has 0 spiro atoms. The Hall–Kier alpha value is -0.440. The van der Waals surface area contributed by atoms with E-state index in [0.717, 1.165) is 6.04 Å². The van der Waals surface area contributed by atoms with E-state index >= 15 is 0 Å². The summed E-state index contributed by atoms with van der Waals surface area (Å²) in [7, 11) is 2.19. The Kier molecular flexibility index (Phi) is 2.13. The van der Waals surface area contributed by atoms with E-state index in [1.165, 1.54) is 25.7 Å². The second kappa shape index (κ2) is 3.13. The predicted octanol–water partition coefficient (Wildman–Crippen LogP) is 1.63. The highest BCUT2D eigenvalue weighted by Crippen LogP contribution is 2.37. The zero-order chi connectivity index (χ0) is 8.55. The maximum absolute atomic E-state index is 10.2. The van der Waals surface area contributed by atoms with Crippen molar-refractivity contribution < 1.29 is 0 Å². The van der Waals surface area contributed by atoms with Gasteiger partial charge in [-0.15, -0.1) is 0 Å². The molecule has 0 aromatic carbocycles. The van der Waals surface area contributed by atoms with Crippen LogP contribution in [-0.2, 0) is 0 Å². The average Bonchev–Trinajstić information content (AvgIpc) is 2.33. The Bertz CT molecular complexity index is 183. The molecule has 0 saturated carbocycles. The van der Waals surface area contributed by atoms with Crippen LogP contribution in [0.15, 0.2) is 5.18 Å². The van der Waals surface area contributed by atoms with Crippen molar-refractivity contribution in [2.75, 3.05) is 13.6 Å². The summed E-state index contributed by atoms with van der Waals surface area (Å²) in [5, 5.41) is 3.03. The molecule has 2 aliphatic heterocycles. The van der Waals surface area contributed by atoms with Gasteiger partial charge in [-0.1, -0.05) is 5.18 Å². The van der Waals surface area contributed by atoms with E-state index in [9.17, 15) is 4.91 Å². The average molecular weight is 168 g/mol. The van der Waals surface area contributed by atoms with Crippen LogP contribution < -0.4 is 0 Å². The molecule has 2 rings (SSSR count). The Morgan fingerprint density at radius 1 is 1.33 bits per heavy atom. The lowest BCUT2D eigenvalue weighted by Crippen LogP contribution is -2.42. The van der Waals surface area contributed by atoms with Crippen molar-refractivity contribution in [2.24, 2.45) is 11.1 Å². The van der Waals surface area contributed by atoms with Crippen LogP contribution in [-0.4, -0.2) is 30.6 Å². The van der Waals surface area contributed by atoms with Gasteiger partial charge in [0.05, 0.1) is 6.54 Å². The maximum atomic E-state index is 10.2. The van der Waals surface area contributed by atoms with E-state index in [0.29, 0.717) is 18.5 Å². The van der Waals surface area contributed by atoms with Crippen LogP contribution in [0.25, 0.3) is 0 Å². The molecule has 3 heteroatoms. The molecule has 0 aliphatic carbocycles. The van der Waals surface area contributed by atoms with Gasteiger partial charge in [-0.2, -0.15) is 4.91 Å². The molecule has 68 valence electrons. The van der Waals surface area contributed by atoms with E-state index in [2.05, 4.69) is 17.1 Å². The monoisotopic (exact) mass is 168 g/mol. The van der Waals surface area contributed by atoms with Crippen LogP contribution in [0.5, 0.6) is 0 Å². The SMILES string of the molecule is CN1C2CCC(CN=O)C1CC2. The Labute approximate surface area is 73.1 Å². The number of fused-ring (bicyclic) bond motifs is 2. The van der Waals surface area contributed by atoms with Crippen molar-refractivity contribution in [3.8, 4) is 0 Å². The van der Waals surface area contributed by atoms with Crippen LogP contribution >= 0.6 is 0 Å². The van der Waals surface area contributed by atoms with Crippen molar-refractivity contribution in [2.45, 2.75) is 37.8 Å². The molecule has 3 nitrogen and oxygen atoms in total. The van der Waals surface area contributed by atoms with Crippen LogP contribution in [0.2, 0.25) is 0 Å². The smallest absolute Gasteiger partial charge is 0.0854 e. The van der Waals surface area contributed by atoms with Crippen LogP contribution in [0.1, 0.15) is 25.7 Å². The summed E-state index contributed by atoms with van der Waals surface area (Å²) in [6.45, 7) is 0.529. The highest BCUT2D eigenvalue weighted by Gasteiger charge is 2.39. The van der Waals surface area contributed by atoms with Gasteiger partial charge in [-0.25, -0.2) is 0 Å². The summed E-state index contributed by atoms with van der Waals surface area (Å²) in [6, 6.07) is 1.46. The van der Waals surface area contributed by atoms with Gasteiger partial charge in [0.2, 0.25) is 0 Å². The molecule has 0 aromatic heterocycles. The minimum atomic E-state index is 0.529. The molecule has 2 saturated heterocycles. The van der Waals surface area contributed by atoms with Gasteiger partial charge in [0, 0.05) is 12.1 Å². The first kappa shape index (κ1) is 8.17. The minimum absolute atomic E-state index is 0.529. The zero-order valence-corrected chi connectivity index (χ0v) is 7.57. The summed E-state index contributed by atoms with van der Waals surface area (Å²) in [4.78, 5) is 12.6. The topological polar surface area (TPSA) is 32.7 Å². The van der Waals surface area contributed by atoms with E-state index in [4.69, 9.17) is 0 Å². The molecular weight excluding hydrogens is 152 g/mol. The zero-order valence-electron chi connectivity index (χ0n) is 7.57. The fourth-order valence-corrected chi connectivity index (χ4v) is 2.86. The first-order chi connectivity index (χ1) is 5.83. The van der Waals surface area contributed by atoms with E-state index < -0.39 is 0 Å². The van der Waals surface area contributed by atoms with Crippen molar-refractivity contribution in [1.82, 2.24) is 4.90 Å². The molecule has 12 heavy (non-hydrogen) atoms. The summed E-state index contributed by atoms with van der Waals surface area (Å²) >= 11 is 0. The van der Waals surface area contributed by atoms with Gasteiger partial charge in [0.1, 0.15) is 0 Å².